The molecule has 4 nitrogen and oxygen atoms in total. The summed E-state index contributed by atoms with van der Waals surface area (Å²) in [6.07, 6.45) is 4.19. The SMILES string of the molecule is NCCc1cn(C(=O)C2CCCO2)c2ccccc12. The lowest BCUT2D eigenvalue weighted by Crippen LogP contribution is -2.25. The van der Waals surface area contributed by atoms with E-state index >= 15 is 0 Å². The minimum Gasteiger partial charge on any atom is -0.368 e. The maximum Gasteiger partial charge on any atom is 0.260 e. The van der Waals surface area contributed by atoms with Gasteiger partial charge in [0, 0.05) is 18.2 Å². The van der Waals surface area contributed by atoms with Crippen LogP contribution in [0, 0.1) is 0 Å². The Bertz CT molecular complexity index is 597. The molecule has 0 bridgehead atoms. The van der Waals surface area contributed by atoms with Crippen LogP contribution in [-0.2, 0) is 11.2 Å². The number of ether oxygens (including phenoxy) is 1. The number of aromatic nitrogens is 1. The van der Waals surface area contributed by atoms with Crippen LogP contribution in [0.15, 0.2) is 30.5 Å². The predicted molar refractivity (Wildman–Crippen MR) is 74.3 cm³/mol. The van der Waals surface area contributed by atoms with Crippen LogP contribution in [0.25, 0.3) is 10.9 Å². The van der Waals surface area contributed by atoms with Crippen molar-refractivity contribution in [2.75, 3.05) is 13.2 Å². The van der Waals surface area contributed by atoms with E-state index in [9.17, 15) is 4.79 Å². The molecular formula is C15H18N2O2. The van der Waals surface area contributed by atoms with Gasteiger partial charge in [0.15, 0.2) is 0 Å². The van der Waals surface area contributed by atoms with Crippen molar-refractivity contribution in [2.24, 2.45) is 5.73 Å². The Hall–Kier alpha value is -1.65. The number of rotatable bonds is 3. The van der Waals surface area contributed by atoms with Gasteiger partial charge in [0.1, 0.15) is 6.10 Å². The minimum atomic E-state index is -0.290. The van der Waals surface area contributed by atoms with Crippen molar-refractivity contribution in [1.29, 1.82) is 0 Å². The highest BCUT2D eigenvalue weighted by Crippen LogP contribution is 2.24. The van der Waals surface area contributed by atoms with Crippen molar-refractivity contribution in [3.05, 3.63) is 36.0 Å². The lowest BCUT2D eigenvalue weighted by Gasteiger charge is -2.09. The average Bonchev–Trinajstić information content (AvgIpc) is 3.07. The quantitative estimate of drug-likeness (QED) is 0.915. The smallest absolute Gasteiger partial charge is 0.260 e. The van der Waals surface area contributed by atoms with Crippen molar-refractivity contribution in [1.82, 2.24) is 4.57 Å². The molecule has 0 aliphatic carbocycles. The minimum absolute atomic E-state index is 0.0389. The zero-order valence-corrected chi connectivity index (χ0v) is 10.8. The third kappa shape index (κ3) is 2.17. The second-order valence-corrected chi connectivity index (χ2v) is 4.92. The van der Waals surface area contributed by atoms with E-state index in [1.807, 2.05) is 30.5 Å². The molecule has 2 N–H and O–H groups in total. The Morgan fingerprint density at radius 2 is 2.26 bits per heavy atom. The fourth-order valence-electron chi connectivity index (χ4n) is 2.71. The number of nitrogens with zero attached hydrogens (tertiary/aromatic N) is 1. The normalized spacial score (nSPS) is 19.1. The summed E-state index contributed by atoms with van der Waals surface area (Å²) in [5, 5.41) is 1.11. The zero-order valence-electron chi connectivity index (χ0n) is 10.8. The highest BCUT2D eigenvalue weighted by Gasteiger charge is 2.26. The predicted octanol–water partition coefficient (Wildman–Crippen LogP) is 1.96. The molecule has 1 aromatic heterocycles. The van der Waals surface area contributed by atoms with Crippen molar-refractivity contribution in [3.63, 3.8) is 0 Å². The Morgan fingerprint density at radius 1 is 1.42 bits per heavy atom. The number of benzene rings is 1. The van der Waals surface area contributed by atoms with E-state index in [4.69, 9.17) is 10.5 Å². The van der Waals surface area contributed by atoms with E-state index in [0.29, 0.717) is 13.2 Å². The Kier molecular flexibility index (Phi) is 3.36. The summed E-state index contributed by atoms with van der Waals surface area (Å²) in [6.45, 7) is 1.27. The average molecular weight is 258 g/mol. The fraction of sp³-hybridized carbons (Fsp3) is 0.400. The van der Waals surface area contributed by atoms with Crippen LogP contribution in [0.5, 0.6) is 0 Å². The van der Waals surface area contributed by atoms with E-state index in [-0.39, 0.29) is 12.0 Å². The van der Waals surface area contributed by atoms with E-state index < -0.39 is 0 Å². The van der Waals surface area contributed by atoms with Crippen molar-refractivity contribution in [2.45, 2.75) is 25.4 Å². The zero-order chi connectivity index (χ0) is 13.2. The van der Waals surface area contributed by atoms with E-state index in [1.165, 1.54) is 0 Å². The molecule has 2 heterocycles. The molecule has 0 amide bonds. The van der Waals surface area contributed by atoms with Gasteiger partial charge < -0.3 is 10.5 Å². The summed E-state index contributed by atoms with van der Waals surface area (Å²) in [5.41, 5.74) is 7.72. The molecule has 19 heavy (non-hydrogen) atoms. The molecule has 1 aliphatic heterocycles. The summed E-state index contributed by atoms with van der Waals surface area (Å²) in [5.74, 6) is 0.0389. The molecule has 1 unspecified atom stereocenters. The van der Waals surface area contributed by atoms with Gasteiger partial charge in [-0.1, -0.05) is 18.2 Å². The van der Waals surface area contributed by atoms with Gasteiger partial charge in [0.05, 0.1) is 5.52 Å². The number of hydrogen-bond donors (Lipinski definition) is 1. The van der Waals surface area contributed by atoms with Crippen LogP contribution >= 0.6 is 0 Å². The van der Waals surface area contributed by atoms with E-state index in [1.54, 1.807) is 4.57 Å². The van der Waals surface area contributed by atoms with Crippen LogP contribution in [0.3, 0.4) is 0 Å². The summed E-state index contributed by atoms with van der Waals surface area (Å²) >= 11 is 0. The van der Waals surface area contributed by atoms with Gasteiger partial charge in [-0.25, -0.2) is 0 Å². The summed E-state index contributed by atoms with van der Waals surface area (Å²) in [6, 6.07) is 7.96. The lowest BCUT2D eigenvalue weighted by molar-refractivity contribution is 0.0560. The fourth-order valence-corrected chi connectivity index (χ4v) is 2.71. The van der Waals surface area contributed by atoms with Crippen LogP contribution in [0.2, 0.25) is 0 Å². The highest BCUT2D eigenvalue weighted by atomic mass is 16.5. The van der Waals surface area contributed by atoms with Crippen LogP contribution in [-0.4, -0.2) is 29.7 Å². The van der Waals surface area contributed by atoms with Gasteiger partial charge >= 0.3 is 0 Å². The second kappa shape index (κ2) is 5.15. The number of nitrogens with two attached hydrogens (primary N) is 1. The second-order valence-electron chi connectivity index (χ2n) is 4.92. The number of carbonyl (C=O) groups is 1. The maximum atomic E-state index is 12.5. The molecule has 1 aliphatic rings. The molecule has 100 valence electrons. The van der Waals surface area contributed by atoms with Crippen LogP contribution in [0.1, 0.15) is 23.2 Å². The first-order valence-corrected chi connectivity index (χ1v) is 6.76. The largest absolute Gasteiger partial charge is 0.368 e. The van der Waals surface area contributed by atoms with Gasteiger partial charge in [-0.2, -0.15) is 0 Å². The van der Waals surface area contributed by atoms with Crippen molar-refractivity contribution in [3.8, 4) is 0 Å². The number of carbonyl (C=O) groups excluding carboxylic acids is 1. The Balaban J connectivity index is 2.05. The molecular weight excluding hydrogens is 240 g/mol. The first-order valence-electron chi connectivity index (χ1n) is 6.76. The van der Waals surface area contributed by atoms with Crippen molar-refractivity contribution >= 4 is 16.8 Å². The van der Waals surface area contributed by atoms with Crippen LogP contribution in [0.4, 0.5) is 0 Å². The molecule has 1 fully saturated rings. The lowest BCUT2D eigenvalue weighted by atomic mass is 10.1. The topological polar surface area (TPSA) is 57.2 Å². The van der Waals surface area contributed by atoms with Gasteiger partial charge in [-0.05, 0) is 37.4 Å². The number of fused-ring (bicyclic) bond motifs is 1. The maximum absolute atomic E-state index is 12.5. The molecule has 4 heteroatoms. The summed E-state index contributed by atoms with van der Waals surface area (Å²) in [4.78, 5) is 12.5. The molecule has 1 saturated heterocycles. The molecule has 1 aromatic carbocycles. The van der Waals surface area contributed by atoms with Crippen molar-refractivity contribution < 1.29 is 9.53 Å². The van der Waals surface area contributed by atoms with Crippen LogP contribution < -0.4 is 5.73 Å². The first-order chi connectivity index (χ1) is 9.31. The third-order valence-corrected chi connectivity index (χ3v) is 3.65. The molecule has 3 rings (SSSR count). The standard InChI is InChI=1S/C15H18N2O2/c16-8-7-11-10-17(13-5-2-1-4-12(11)13)15(18)14-6-3-9-19-14/h1-2,4-5,10,14H,3,6-9,16H2. The van der Waals surface area contributed by atoms with E-state index in [0.717, 1.165) is 35.7 Å². The number of para-hydroxylation sites is 1. The molecule has 1 atom stereocenters. The number of hydrogen-bond acceptors (Lipinski definition) is 3. The van der Waals surface area contributed by atoms with Gasteiger partial charge in [-0.15, -0.1) is 0 Å². The first kappa shape index (κ1) is 12.4. The van der Waals surface area contributed by atoms with Gasteiger partial charge in [-0.3, -0.25) is 9.36 Å². The monoisotopic (exact) mass is 258 g/mol. The molecule has 2 aromatic rings. The Morgan fingerprint density at radius 3 is 3.00 bits per heavy atom. The van der Waals surface area contributed by atoms with Gasteiger partial charge in [0.25, 0.3) is 5.91 Å². The molecule has 0 spiro atoms. The Labute approximate surface area is 112 Å². The summed E-state index contributed by atoms with van der Waals surface area (Å²) in [7, 11) is 0. The summed E-state index contributed by atoms with van der Waals surface area (Å²) < 4.78 is 7.22. The highest BCUT2D eigenvalue weighted by molar-refractivity contribution is 5.96. The third-order valence-electron chi connectivity index (χ3n) is 3.65. The molecule has 0 radical (unpaired) electrons. The molecule has 0 saturated carbocycles. The van der Waals surface area contributed by atoms with Gasteiger partial charge in [0.2, 0.25) is 0 Å². The van der Waals surface area contributed by atoms with E-state index in [2.05, 4.69) is 0 Å².